The van der Waals surface area contributed by atoms with Gasteiger partial charge < -0.3 is 4.74 Å². The number of benzene rings is 1. The van der Waals surface area contributed by atoms with Crippen LogP contribution in [0, 0.1) is 0 Å². The molecule has 1 aromatic carbocycles. The third-order valence-electron chi connectivity index (χ3n) is 1.23. The van der Waals surface area contributed by atoms with E-state index in [4.69, 9.17) is 4.74 Å². The predicted octanol–water partition coefficient (Wildman–Crippen LogP) is 3.01. The maximum absolute atomic E-state index is 10.9. The fraction of sp³-hybridized carbons (Fsp3) is 0.400. The van der Waals surface area contributed by atoms with E-state index in [1.54, 1.807) is 12.1 Å². The van der Waals surface area contributed by atoms with Gasteiger partial charge in [0.05, 0.1) is 0 Å². The van der Waals surface area contributed by atoms with Crippen molar-refractivity contribution in [3.63, 3.8) is 0 Å². The number of hydrogen-bond acceptors (Lipinski definition) is 1. The van der Waals surface area contributed by atoms with Crippen LogP contribution in [0.15, 0.2) is 24.3 Å². The Kier molecular flexibility index (Phi) is 2.27. The zero-order valence-corrected chi connectivity index (χ0v) is 7.63. The molecule has 0 heterocycles. The SMILES string of the molecule is CC(C)(C)Oc1cccc([O])c1. The second-order valence-electron chi connectivity index (χ2n) is 3.69. The van der Waals surface area contributed by atoms with Crippen molar-refractivity contribution in [1.82, 2.24) is 0 Å². The van der Waals surface area contributed by atoms with Crippen molar-refractivity contribution < 1.29 is 9.84 Å². The number of hydrogen-bond donors (Lipinski definition) is 0. The van der Waals surface area contributed by atoms with Crippen molar-refractivity contribution in [3.8, 4) is 11.5 Å². The highest BCUT2D eigenvalue weighted by Gasteiger charge is 2.11. The lowest BCUT2D eigenvalue weighted by molar-refractivity contribution is 0.130. The van der Waals surface area contributed by atoms with Crippen LogP contribution in [-0.4, -0.2) is 5.60 Å². The predicted molar refractivity (Wildman–Crippen MR) is 47.0 cm³/mol. The van der Waals surface area contributed by atoms with Gasteiger partial charge in [-0.05, 0) is 32.9 Å². The van der Waals surface area contributed by atoms with Crippen molar-refractivity contribution >= 4 is 0 Å². The molecule has 0 unspecified atom stereocenters. The van der Waals surface area contributed by atoms with Gasteiger partial charge >= 0.3 is 0 Å². The maximum Gasteiger partial charge on any atom is 0.182 e. The van der Waals surface area contributed by atoms with Crippen molar-refractivity contribution in [2.45, 2.75) is 26.4 Å². The van der Waals surface area contributed by atoms with Crippen LogP contribution in [0.3, 0.4) is 0 Å². The molecule has 0 atom stereocenters. The van der Waals surface area contributed by atoms with Crippen LogP contribution in [0.25, 0.3) is 0 Å². The Balaban J connectivity index is 2.77. The molecule has 0 aromatic heterocycles. The van der Waals surface area contributed by atoms with E-state index in [9.17, 15) is 5.11 Å². The van der Waals surface area contributed by atoms with Crippen LogP contribution < -0.4 is 4.74 Å². The average molecular weight is 165 g/mol. The molecule has 0 bridgehead atoms. The molecule has 0 spiro atoms. The van der Waals surface area contributed by atoms with Gasteiger partial charge in [-0.25, -0.2) is 0 Å². The van der Waals surface area contributed by atoms with E-state index < -0.39 is 0 Å². The molecular formula is C10H13O2. The van der Waals surface area contributed by atoms with Gasteiger partial charge in [-0.3, -0.25) is 5.11 Å². The monoisotopic (exact) mass is 165 g/mol. The summed E-state index contributed by atoms with van der Waals surface area (Å²) >= 11 is 0. The molecule has 1 rings (SSSR count). The molecule has 65 valence electrons. The molecule has 2 nitrogen and oxygen atoms in total. The minimum Gasteiger partial charge on any atom is -0.488 e. The molecule has 1 aromatic rings. The average Bonchev–Trinajstić information content (AvgIpc) is 1.82. The lowest BCUT2D eigenvalue weighted by atomic mass is 10.2. The van der Waals surface area contributed by atoms with E-state index in [1.807, 2.05) is 20.8 Å². The van der Waals surface area contributed by atoms with Crippen LogP contribution in [-0.2, 0) is 5.11 Å². The van der Waals surface area contributed by atoms with Gasteiger partial charge in [0.1, 0.15) is 11.4 Å². The largest absolute Gasteiger partial charge is 0.488 e. The molecule has 0 fully saturated rings. The Morgan fingerprint density at radius 3 is 2.42 bits per heavy atom. The van der Waals surface area contributed by atoms with E-state index in [0.29, 0.717) is 5.75 Å². The highest BCUT2D eigenvalue weighted by molar-refractivity contribution is 5.31. The second kappa shape index (κ2) is 3.05. The topological polar surface area (TPSA) is 29.1 Å². The molecule has 1 radical (unpaired) electrons. The van der Waals surface area contributed by atoms with Gasteiger partial charge in [-0.1, -0.05) is 6.07 Å². The van der Waals surface area contributed by atoms with Gasteiger partial charge in [-0.15, -0.1) is 0 Å². The molecule has 2 heteroatoms. The second-order valence-corrected chi connectivity index (χ2v) is 3.69. The highest BCUT2D eigenvalue weighted by atomic mass is 16.5. The van der Waals surface area contributed by atoms with Crippen LogP contribution in [0.4, 0.5) is 0 Å². The van der Waals surface area contributed by atoms with Gasteiger partial charge in [0.15, 0.2) is 5.75 Å². The molecule has 0 saturated carbocycles. The van der Waals surface area contributed by atoms with Gasteiger partial charge in [0.2, 0.25) is 0 Å². The third kappa shape index (κ3) is 2.82. The molecule has 0 N–H and O–H groups in total. The first-order valence-corrected chi connectivity index (χ1v) is 3.93. The molecule has 0 aliphatic heterocycles. The summed E-state index contributed by atoms with van der Waals surface area (Å²) < 4.78 is 5.48. The van der Waals surface area contributed by atoms with Gasteiger partial charge in [0, 0.05) is 6.07 Å². The Morgan fingerprint density at radius 2 is 1.92 bits per heavy atom. The fourth-order valence-electron chi connectivity index (χ4n) is 0.891. The Bertz CT molecular complexity index is 261. The Morgan fingerprint density at radius 1 is 1.25 bits per heavy atom. The van der Waals surface area contributed by atoms with Crippen LogP contribution in [0.2, 0.25) is 0 Å². The first-order valence-electron chi connectivity index (χ1n) is 3.93. The first kappa shape index (κ1) is 8.91. The first-order chi connectivity index (χ1) is 5.47. The normalized spacial score (nSPS) is 11.2. The number of ether oxygens (including phenoxy) is 1. The summed E-state index contributed by atoms with van der Waals surface area (Å²) in [5.74, 6) is 0.617. The molecule has 0 aliphatic carbocycles. The maximum atomic E-state index is 10.9. The summed E-state index contributed by atoms with van der Waals surface area (Å²) in [5.41, 5.74) is -0.242. The molecule has 12 heavy (non-hydrogen) atoms. The lowest BCUT2D eigenvalue weighted by Crippen LogP contribution is -2.22. The quantitative estimate of drug-likeness (QED) is 0.628. The highest BCUT2D eigenvalue weighted by Crippen LogP contribution is 2.22. The van der Waals surface area contributed by atoms with Gasteiger partial charge in [-0.2, -0.15) is 0 Å². The van der Waals surface area contributed by atoms with Crippen molar-refractivity contribution in [2.24, 2.45) is 0 Å². The Labute approximate surface area is 72.8 Å². The minimum atomic E-state index is -0.242. The van der Waals surface area contributed by atoms with Crippen molar-refractivity contribution in [2.75, 3.05) is 0 Å². The summed E-state index contributed by atoms with van der Waals surface area (Å²) in [7, 11) is 0. The number of rotatable bonds is 1. The standard InChI is InChI=1S/C10H13O2/c1-10(2,3)12-9-6-4-5-8(11)7-9/h4-7H,1-3H3. The van der Waals surface area contributed by atoms with Crippen LogP contribution >= 0.6 is 0 Å². The van der Waals surface area contributed by atoms with Crippen LogP contribution in [0.1, 0.15) is 20.8 Å². The van der Waals surface area contributed by atoms with E-state index in [-0.39, 0.29) is 11.4 Å². The zero-order chi connectivity index (χ0) is 9.19. The molecular weight excluding hydrogens is 152 g/mol. The van der Waals surface area contributed by atoms with Crippen molar-refractivity contribution in [1.29, 1.82) is 0 Å². The molecule has 0 amide bonds. The summed E-state index contributed by atoms with van der Waals surface area (Å²) in [4.78, 5) is 0. The summed E-state index contributed by atoms with van der Waals surface area (Å²) in [5, 5.41) is 10.9. The third-order valence-corrected chi connectivity index (χ3v) is 1.23. The van der Waals surface area contributed by atoms with Gasteiger partial charge in [0.25, 0.3) is 0 Å². The molecule has 0 saturated heterocycles. The van der Waals surface area contributed by atoms with E-state index in [1.165, 1.54) is 12.1 Å². The zero-order valence-electron chi connectivity index (χ0n) is 7.63. The van der Waals surface area contributed by atoms with E-state index in [0.717, 1.165) is 0 Å². The summed E-state index contributed by atoms with van der Waals surface area (Å²) in [6, 6.07) is 6.48. The summed E-state index contributed by atoms with van der Waals surface area (Å²) in [6.07, 6.45) is 0. The Hall–Kier alpha value is -1.18. The summed E-state index contributed by atoms with van der Waals surface area (Å²) in [6.45, 7) is 5.85. The van der Waals surface area contributed by atoms with Crippen LogP contribution in [0.5, 0.6) is 11.5 Å². The van der Waals surface area contributed by atoms with E-state index >= 15 is 0 Å². The van der Waals surface area contributed by atoms with E-state index in [2.05, 4.69) is 0 Å². The lowest BCUT2D eigenvalue weighted by Gasteiger charge is -2.20. The minimum absolute atomic E-state index is 0.0169. The smallest absolute Gasteiger partial charge is 0.182 e. The van der Waals surface area contributed by atoms with Crippen molar-refractivity contribution in [3.05, 3.63) is 24.3 Å². The molecule has 0 aliphatic rings. The fourth-order valence-corrected chi connectivity index (χ4v) is 0.891.